The van der Waals surface area contributed by atoms with E-state index in [0.717, 1.165) is 30.5 Å². The number of hydrogen-bond acceptors (Lipinski definition) is 5. The van der Waals surface area contributed by atoms with Crippen molar-refractivity contribution in [3.63, 3.8) is 0 Å². The number of aliphatic carboxylic acids is 1. The molecule has 0 bridgehead atoms. The number of carbonyl (C=O) groups is 1. The van der Waals surface area contributed by atoms with E-state index in [2.05, 4.69) is 15.6 Å². The molecule has 3 N–H and O–H groups in total. The first kappa shape index (κ1) is 16.6. The Morgan fingerprint density at radius 3 is 2.33 bits per heavy atom. The average molecular weight is 305 g/mol. The molecule has 2 rings (SSSR count). The highest BCUT2D eigenvalue weighted by Gasteiger charge is 2.38. The zero-order valence-corrected chi connectivity index (χ0v) is 11.1. The van der Waals surface area contributed by atoms with Crippen molar-refractivity contribution >= 4 is 17.6 Å². The van der Waals surface area contributed by atoms with Gasteiger partial charge in [-0.25, -0.2) is 4.79 Å². The van der Waals surface area contributed by atoms with Gasteiger partial charge in [-0.3, -0.25) is 4.99 Å². The van der Waals surface area contributed by atoms with Crippen LogP contribution in [0.2, 0.25) is 0 Å². The lowest BCUT2D eigenvalue weighted by Crippen LogP contribution is -2.26. The van der Waals surface area contributed by atoms with Gasteiger partial charge in [0.2, 0.25) is 0 Å². The average Bonchev–Trinajstić information content (AvgIpc) is 2.92. The standard InChI is InChI=1S/C10H13N3O.C2HF3O2/c1-14-9-4-2-8(3-5-9)13-10-11-6-7-12-10;3-2(4,5)1(6)7/h2-5H,6-7H2,1H3,(H2,11,12,13);(H,6,7). The van der Waals surface area contributed by atoms with Crippen LogP contribution in [0.25, 0.3) is 0 Å². The van der Waals surface area contributed by atoms with E-state index < -0.39 is 12.1 Å². The second-order valence-corrected chi connectivity index (χ2v) is 3.81. The summed E-state index contributed by atoms with van der Waals surface area (Å²) in [7, 11) is 1.66. The molecular formula is C12H14F3N3O3. The quantitative estimate of drug-likeness (QED) is 0.774. The molecular weight excluding hydrogens is 291 g/mol. The first-order valence-electron chi connectivity index (χ1n) is 5.82. The summed E-state index contributed by atoms with van der Waals surface area (Å²) >= 11 is 0. The highest BCUT2D eigenvalue weighted by Crippen LogP contribution is 2.15. The van der Waals surface area contributed by atoms with E-state index >= 15 is 0 Å². The number of ether oxygens (including phenoxy) is 1. The van der Waals surface area contributed by atoms with Gasteiger partial charge in [0.05, 0.1) is 13.7 Å². The SMILES string of the molecule is COc1ccc(NC2=NCCN2)cc1.O=C(O)C(F)(F)F. The summed E-state index contributed by atoms with van der Waals surface area (Å²) in [5.74, 6) is -1.06. The molecule has 21 heavy (non-hydrogen) atoms. The number of alkyl halides is 3. The molecule has 1 aromatic rings. The molecule has 0 aromatic heterocycles. The predicted octanol–water partition coefficient (Wildman–Crippen LogP) is 1.70. The Morgan fingerprint density at radius 1 is 1.38 bits per heavy atom. The maximum Gasteiger partial charge on any atom is 0.490 e. The maximum absolute atomic E-state index is 10.6. The smallest absolute Gasteiger partial charge is 0.490 e. The minimum absolute atomic E-state index is 0.843. The Balaban J connectivity index is 0.000000270. The third kappa shape index (κ3) is 6.02. The van der Waals surface area contributed by atoms with Crippen molar-refractivity contribution in [3.8, 4) is 5.75 Å². The van der Waals surface area contributed by atoms with E-state index in [1.807, 2.05) is 24.3 Å². The van der Waals surface area contributed by atoms with E-state index in [-0.39, 0.29) is 0 Å². The molecule has 0 radical (unpaired) electrons. The van der Waals surface area contributed by atoms with Crippen LogP contribution in [0.5, 0.6) is 5.75 Å². The van der Waals surface area contributed by atoms with Crippen molar-refractivity contribution in [2.45, 2.75) is 6.18 Å². The Hall–Kier alpha value is -2.45. The molecule has 6 nitrogen and oxygen atoms in total. The van der Waals surface area contributed by atoms with Gasteiger partial charge in [-0.15, -0.1) is 0 Å². The summed E-state index contributed by atoms with van der Waals surface area (Å²) in [5, 5.41) is 13.4. The molecule has 9 heteroatoms. The van der Waals surface area contributed by atoms with Crippen molar-refractivity contribution in [3.05, 3.63) is 24.3 Å². The van der Waals surface area contributed by atoms with E-state index in [9.17, 15) is 13.2 Å². The highest BCUT2D eigenvalue weighted by molar-refractivity contribution is 5.94. The summed E-state index contributed by atoms with van der Waals surface area (Å²) in [6.07, 6.45) is -5.08. The maximum atomic E-state index is 10.6. The molecule has 1 heterocycles. The third-order valence-corrected chi connectivity index (χ3v) is 2.27. The largest absolute Gasteiger partial charge is 0.497 e. The zero-order chi connectivity index (χ0) is 15.9. The molecule has 0 fully saturated rings. The molecule has 0 saturated heterocycles. The molecule has 0 amide bonds. The number of rotatable bonds is 2. The lowest BCUT2D eigenvalue weighted by molar-refractivity contribution is -0.192. The van der Waals surface area contributed by atoms with Crippen LogP contribution in [0.3, 0.4) is 0 Å². The van der Waals surface area contributed by atoms with Crippen LogP contribution in [0.15, 0.2) is 29.3 Å². The molecule has 116 valence electrons. The number of halogens is 3. The number of carboxylic acid groups (broad SMARTS) is 1. The van der Waals surface area contributed by atoms with Gasteiger partial charge in [-0.2, -0.15) is 13.2 Å². The third-order valence-electron chi connectivity index (χ3n) is 2.27. The van der Waals surface area contributed by atoms with Gasteiger partial charge in [0, 0.05) is 12.2 Å². The second-order valence-electron chi connectivity index (χ2n) is 3.81. The summed E-state index contributed by atoms with van der Waals surface area (Å²) in [6, 6.07) is 7.75. The molecule has 1 aliphatic heterocycles. The second kappa shape index (κ2) is 7.36. The minimum Gasteiger partial charge on any atom is -0.497 e. The molecule has 0 spiro atoms. The van der Waals surface area contributed by atoms with Crippen molar-refractivity contribution in [1.29, 1.82) is 0 Å². The Bertz CT molecular complexity index is 501. The van der Waals surface area contributed by atoms with Crippen LogP contribution < -0.4 is 15.4 Å². The highest BCUT2D eigenvalue weighted by atomic mass is 19.4. The van der Waals surface area contributed by atoms with Crippen LogP contribution in [-0.2, 0) is 4.79 Å². The molecule has 0 atom stereocenters. The van der Waals surface area contributed by atoms with Crippen molar-refractivity contribution in [1.82, 2.24) is 5.32 Å². The minimum atomic E-state index is -5.08. The van der Waals surface area contributed by atoms with Gasteiger partial charge in [0.25, 0.3) is 0 Å². The van der Waals surface area contributed by atoms with Crippen LogP contribution in [0.4, 0.5) is 18.9 Å². The number of benzene rings is 1. The van der Waals surface area contributed by atoms with E-state index in [1.165, 1.54) is 0 Å². The van der Waals surface area contributed by atoms with E-state index in [0.29, 0.717) is 0 Å². The van der Waals surface area contributed by atoms with Gasteiger partial charge in [0.15, 0.2) is 5.96 Å². The summed E-state index contributed by atoms with van der Waals surface area (Å²) in [6.45, 7) is 1.76. The Labute approximate surface area is 118 Å². The fourth-order valence-corrected chi connectivity index (χ4v) is 1.29. The normalized spacial score (nSPS) is 13.4. The number of hydrogen-bond donors (Lipinski definition) is 3. The fraction of sp³-hybridized carbons (Fsp3) is 0.333. The van der Waals surface area contributed by atoms with Crippen molar-refractivity contribution in [2.24, 2.45) is 4.99 Å². The molecule has 0 saturated carbocycles. The fourth-order valence-electron chi connectivity index (χ4n) is 1.29. The van der Waals surface area contributed by atoms with Gasteiger partial charge >= 0.3 is 12.1 Å². The topological polar surface area (TPSA) is 83.0 Å². The van der Waals surface area contributed by atoms with Gasteiger partial charge < -0.3 is 20.5 Å². The first-order chi connectivity index (χ1) is 9.82. The lowest BCUT2D eigenvalue weighted by Gasteiger charge is -2.06. The number of nitrogens with one attached hydrogen (secondary N) is 2. The summed E-state index contributed by atoms with van der Waals surface area (Å²) in [5.41, 5.74) is 1.01. The molecule has 1 aromatic carbocycles. The van der Waals surface area contributed by atoms with E-state index in [4.69, 9.17) is 14.6 Å². The zero-order valence-electron chi connectivity index (χ0n) is 11.1. The van der Waals surface area contributed by atoms with Crippen LogP contribution in [0, 0.1) is 0 Å². The Morgan fingerprint density at radius 2 is 1.95 bits per heavy atom. The van der Waals surface area contributed by atoms with E-state index in [1.54, 1.807) is 7.11 Å². The van der Waals surface area contributed by atoms with Gasteiger partial charge in [-0.1, -0.05) is 0 Å². The van der Waals surface area contributed by atoms with Crippen molar-refractivity contribution < 1.29 is 27.8 Å². The predicted molar refractivity (Wildman–Crippen MR) is 70.6 cm³/mol. The van der Waals surface area contributed by atoms with Gasteiger partial charge in [-0.05, 0) is 24.3 Å². The summed E-state index contributed by atoms with van der Waals surface area (Å²) < 4.78 is 36.8. The Kier molecular flexibility index (Phi) is 5.82. The first-order valence-corrected chi connectivity index (χ1v) is 5.82. The van der Waals surface area contributed by atoms with Gasteiger partial charge in [0.1, 0.15) is 5.75 Å². The number of anilines is 1. The van der Waals surface area contributed by atoms with Crippen molar-refractivity contribution in [2.75, 3.05) is 25.5 Å². The molecule has 0 aliphatic carbocycles. The number of guanidine groups is 1. The lowest BCUT2D eigenvalue weighted by atomic mass is 10.3. The number of nitrogens with zero attached hydrogens (tertiary/aromatic N) is 1. The summed E-state index contributed by atoms with van der Waals surface area (Å²) in [4.78, 5) is 13.1. The van der Waals surface area contributed by atoms with Crippen LogP contribution in [0.1, 0.15) is 0 Å². The van der Waals surface area contributed by atoms with Crippen LogP contribution >= 0.6 is 0 Å². The van der Waals surface area contributed by atoms with Crippen LogP contribution in [-0.4, -0.2) is 43.4 Å². The number of aliphatic imine (C=N–C) groups is 1. The monoisotopic (exact) mass is 305 g/mol. The molecule has 0 unspecified atom stereocenters. The number of carboxylic acids is 1. The number of methoxy groups -OCH3 is 1. The molecule has 1 aliphatic rings.